The standard InChI is InChI=1S/C13H21NO2/c1-9(2)10-5-11(13(15)8-14-3)7-12(6-10)16-4/h5-7,9,13-15H,8H2,1-4H3. The van der Waals surface area contributed by atoms with Crippen molar-refractivity contribution in [3.63, 3.8) is 0 Å². The van der Waals surface area contributed by atoms with E-state index in [-0.39, 0.29) is 0 Å². The quantitative estimate of drug-likeness (QED) is 0.803. The summed E-state index contributed by atoms with van der Waals surface area (Å²) in [5.74, 6) is 1.23. The van der Waals surface area contributed by atoms with Crippen molar-refractivity contribution < 1.29 is 9.84 Å². The normalized spacial score (nSPS) is 12.9. The molecule has 3 nitrogen and oxygen atoms in total. The lowest BCUT2D eigenvalue weighted by Crippen LogP contribution is -2.17. The van der Waals surface area contributed by atoms with E-state index in [4.69, 9.17) is 4.74 Å². The summed E-state index contributed by atoms with van der Waals surface area (Å²) in [6.45, 7) is 4.80. The average molecular weight is 223 g/mol. The molecule has 16 heavy (non-hydrogen) atoms. The van der Waals surface area contributed by atoms with Crippen LogP contribution >= 0.6 is 0 Å². The fourth-order valence-corrected chi connectivity index (χ4v) is 1.60. The van der Waals surface area contributed by atoms with E-state index in [1.807, 2.05) is 25.2 Å². The summed E-state index contributed by atoms with van der Waals surface area (Å²) in [4.78, 5) is 0. The number of likely N-dealkylation sites (N-methyl/N-ethyl adjacent to an activating group) is 1. The molecule has 0 aliphatic carbocycles. The molecule has 0 amide bonds. The summed E-state index contributed by atoms with van der Waals surface area (Å²) in [6, 6.07) is 5.93. The topological polar surface area (TPSA) is 41.5 Å². The van der Waals surface area contributed by atoms with E-state index >= 15 is 0 Å². The van der Waals surface area contributed by atoms with Crippen LogP contribution in [0.2, 0.25) is 0 Å². The maximum atomic E-state index is 9.93. The summed E-state index contributed by atoms with van der Waals surface area (Å²) in [7, 11) is 3.47. The zero-order valence-electron chi connectivity index (χ0n) is 10.4. The van der Waals surface area contributed by atoms with Crippen molar-refractivity contribution in [1.82, 2.24) is 5.32 Å². The molecule has 1 rings (SSSR count). The molecule has 0 saturated heterocycles. The molecule has 0 heterocycles. The molecule has 1 aromatic carbocycles. The summed E-state index contributed by atoms with van der Waals surface area (Å²) in [5.41, 5.74) is 2.09. The third-order valence-corrected chi connectivity index (χ3v) is 2.64. The Morgan fingerprint density at radius 3 is 2.38 bits per heavy atom. The van der Waals surface area contributed by atoms with Crippen molar-refractivity contribution >= 4 is 0 Å². The van der Waals surface area contributed by atoms with Crippen molar-refractivity contribution in [3.8, 4) is 5.75 Å². The van der Waals surface area contributed by atoms with Gasteiger partial charge in [-0.3, -0.25) is 0 Å². The third-order valence-electron chi connectivity index (χ3n) is 2.64. The van der Waals surface area contributed by atoms with Gasteiger partial charge in [-0.05, 0) is 36.2 Å². The number of benzene rings is 1. The van der Waals surface area contributed by atoms with Crippen molar-refractivity contribution in [3.05, 3.63) is 29.3 Å². The van der Waals surface area contributed by atoms with Gasteiger partial charge in [0.2, 0.25) is 0 Å². The number of hydrogen-bond acceptors (Lipinski definition) is 3. The second-order valence-corrected chi connectivity index (χ2v) is 4.27. The maximum Gasteiger partial charge on any atom is 0.119 e. The van der Waals surface area contributed by atoms with Crippen LogP contribution in [0.25, 0.3) is 0 Å². The van der Waals surface area contributed by atoms with Gasteiger partial charge >= 0.3 is 0 Å². The molecule has 1 unspecified atom stereocenters. The van der Waals surface area contributed by atoms with E-state index in [0.29, 0.717) is 12.5 Å². The van der Waals surface area contributed by atoms with Crippen LogP contribution in [-0.4, -0.2) is 25.8 Å². The van der Waals surface area contributed by atoms with E-state index in [9.17, 15) is 5.11 Å². The molecule has 0 aliphatic rings. The van der Waals surface area contributed by atoms with Gasteiger partial charge in [-0.2, -0.15) is 0 Å². The first-order valence-electron chi connectivity index (χ1n) is 5.60. The first-order chi connectivity index (χ1) is 7.58. The molecule has 0 bridgehead atoms. The van der Waals surface area contributed by atoms with Crippen molar-refractivity contribution in [1.29, 1.82) is 0 Å². The van der Waals surface area contributed by atoms with Gasteiger partial charge < -0.3 is 15.2 Å². The Balaban J connectivity index is 3.03. The van der Waals surface area contributed by atoms with E-state index in [2.05, 4.69) is 19.2 Å². The highest BCUT2D eigenvalue weighted by atomic mass is 16.5. The Bertz CT molecular complexity index is 337. The van der Waals surface area contributed by atoms with Crippen molar-refractivity contribution in [2.45, 2.75) is 25.9 Å². The molecule has 0 aromatic heterocycles. The van der Waals surface area contributed by atoms with Gasteiger partial charge in [-0.1, -0.05) is 19.9 Å². The fraction of sp³-hybridized carbons (Fsp3) is 0.538. The second-order valence-electron chi connectivity index (χ2n) is 4.27. The van der Waals surface area contributed by atoms with Crippen LogP contribution in [0.5, 0.6) is 5.75 Å². The van der Waals surface area contributed by atoms with Gasteiger partial charge in [0, 0.05) is 6.54 Å². The highest BCUT2D eigenvalue weighted by Gasteiger charge is 2.11. The lowest BCUT2D eigenvalue weighted by Gasteiger charge is -2.15. The molecule has 0 fully saturated rings. The molecular weight excluding hydrogens is 202 g/mol. The minimum absolute atomic E-state index is 0.427. The number of rotatable bonds is 5. The average Bonchev–Trinajstić information content (AvgIpc) is 2.28. The second kappa shape index (κ2) is 5.87. The molecule has 1 atom stereocenters. The van der Waals surface area contributed by atoms with Gasteiger partial charge in [-0.15, -0.1) is 0 Å². The van der Waals surface area contributed by atoms with Gasteiger partial charge in [0.05, 0.1) is 13.2 Å². The number of methoxy groups -OCH3 is 1. The van der Waals surface area contributed by atoms with Crippen LogP contribution < -0.4 is 10.1 Å². The smallest absolute Gasteiger partial charge is 0.119 e. The fourth-order valence-electron chi connectivity index (χ4n) is 1.60. The number of nitrogens with one attached hydrogen (secondary N) is 1. The third kappa shape index (κ3) is 3.22. The lowest BCUT2D eigenvalue weighted by molar-refractivity contribution is 0.177. The Morgan fingerprint density at radius 1 is 1.25 bits per heavy atom. The molecule has 2 N–H and O–H groups in total. The molecule has 90 valence electrons. The highest BCUT2D eigenvalue weighted by Crippen LogP contribution is 2.26. The highest BCUT2D eigenvalue weighted by molar-refractivity contribution is 5.37. The SMILES string of the molecule is CNCC(O)c1cc(OC)cc(C(C)C)c1. The van der Waals surface area contributed by atoms with Gasteiger partial charge in [-0.25, -0.2) is 0 Å². The van der Waals surface area contributed by atoms with Gasteiger partial charge in [0.1, 0.15) is 5.75 Å². The van der Waals surface area contributed by atoms with Crippen LogP contribution in [0, 0.1) is 0 Å². The maximum absolute atomic E-state index is 9.93. The van der Waals surface area contributed by atoms with Crippen LogP contribution in [0.3, 0.4) is 0 Å². The van der Waals surface area contributed by atoms with Crippen molar-refractivity contribution in [2.24, 2.45) is 0 Å². The summed E-state index contributed by atoms with van der Waals surface area (Å²) >= 11 is 0. The van der Waals surface area contributed by atoms with Crippen molar-refractivity contribution in [2.75, 3.05) is 20.7 Å². The van der Waals surface area contributed by atoms with E-state index in [1.54, 1.807) is 7.11 Å². The van der Waals surface area contributed by atoms with Crippen LogP contribution in [0.4, 0.5) is 0 Å². The molecule has 0 aliphatic heterocycles. The summed E-state index contributed by atoms with van der Waals surface area (Å²) < 4.78 is 5.24. The summed E-state index contributed by atoms with van der Waals surface area (Å²) in [6.07, 6.45) is -0.488. The monoisotopic (exact) mass is 223 g/mol. The molecule has 0 saturated carbocycles. The minimum atomic E-state index is -0.488. The Kier molecular flexibility index (Phi) is 4.77. The van der Waals surface area contributed by atoms with E-state index in [1.165, 1.54) is 5.56 Å². The van der Waals surface area contributed by atoms with E-state index in [0.717, 1.165) is 11.3 Å². The number of aliphatic hydroxyl groups excluding tert-OH is 1. The number of hydrogen-bond donors (Lipinski definition) is 2. The predicted molar refractivity (Wildman–Crippen MR) is 66.0 cm³/mol. The largest absolute Gasteiger partial charge is 0.497 e. The van der Waals surface area contributed by atoms with Crippen LogP contribution in [-0.2, 0) is 0 Å². The Hall–Kier alpha value is -1.06. The zero-order valence-corrected chi connectivity index (χ0v) is 10.4. The zero-order chi connectivity index (χ0) is 12.1. The lowest BCUT2D eigenvalue weighted by atomic mass is 9.98. The first-order valence-corrected chi connectivity index (χ1v) is 5.60. The first kappa shape index (κ1) is 13.0. The molecular formula is C13H21NO2. The Labute approximate surface area is 97.4 Å². The number of ether oxygens (including phenoxy) is 1. The summed E-state index contributed by atoms with van der Waals surface area (Å²) in [5, 5.41) is 12.9. The Morgan fingerprint density at radius 2 is 1.88 bits per heavy atom. The van der Waals surface area contributed by atoms with Crippen LogP contribution in [0.1, 0.15) is 37.0 Å². The molecule has 3 heteroatoms. The van der Waals surface area contributed by atoms with Gasteiger partial charge in [0.15, 0.2) is 0 Å². The molecule has 0 radical (unpaired) electrons. The van der Waals surface area contributed by atoms with E-state index < -0.39 is 6.10 Å². The molecule has 1 aromatic rings. The minimum Gasteiger partial charge on any atom is -0.497 e. The van der Waals surface area contributed by atoms with Crippen LogP contribution in [0.15, 0.2) is 18.2 Å². The predicted octanol–water partition coefficient (Wildman–Crippen LogP) is 2.07. The molecule has 0 spiro atoms. The van der Waals surface area contributed by atoms with Gasteiger partial charge in [0.25, 0.3) is 0 Å². The number of aliphatic hydroxyl groups is 1.